The molecule has 0 radical (unpaired) electrons. The summed E-state index contributed by atoms with van der Waals surface area (Å²) in [7, 11) is 2.07. The molecule has 1 fully saturated rings. The third kappa shape index (κ3) is 4.13. The molecule has 1 aromatic rings. The van der Waals surface area contributed by atoms with Crippen LogP contribution < -0.4 is 5.32 Å². The molecule has 1 aromatic carbocycles. The van der Waals surface area contributed by atoms with Gasteiger partial charge in [0.15, 0.2) is 0 Å². The molecule has 1 aliphatic carbocycles. The summed E-state index contributed by atoms with van der Waals surface area (Å²) in [5.41, 5.74) is 1.20. The molecule has 0 aromatic heterocycles. The summed E-state index contributed by atoms with van der Waals surface area (Å²) in [4.78, 5) is 0. The van der Waals surface area contributed by atoms with Crippen LogP contribution in [-0.4, -0.2) is 13.1 Å². The summed E-state index contributed by atoms with van der Waals surface area (Å²) in [6.07, 6.45) is 4.99. The first-order valence-corrected chi connectivity index (χ1v) is 8.36. The number of nitrogens with one attached hydrogen (secondary N) is 1. The van der Waals surface area contributed by atoms with Crippen LogP contribution >= 0.6 is 23.2 Å². The molecule has 1 N–H and O–H groups in total. The van der Waals surface area contributed by atoms with Gasteiger partial charge >= 0.3 is 0 Å². The Labute approximate surface area is 133 Å². The molecule has 1 aliphatic rings. The Hall–Kier alpha value is -0.240. The highest BCUT2D eigenvalue weighted by Gasteiger charge is 2.29. The highest BCUT2D eigenvalue weighted by atomic mass is 35.5. The van der Waals surface area contributed by atoms with Crippen LogP contribution in [0.1, 0.15) is 38.7 Å². The SMILES string of the molecule is CNC(Cc1ccc(Cl)cc1Cl)C1CC(C)CC(C)C1. The molecule has 0 spiro atoms. The Morgan fingerprint density at radius 1 is 1.15 bits per heavy atom. The second kappa shape index (κ2) is 7.15. The van der Waals surface area contributed by atoms with Crippen molar-refractivity contribution in [3.05, 3.63) is 33.8 Å². The Morgan fingerprint density at radius 3 is 2.35 bits per heavy atom. The summed E-state index contributed by atoms with van der Waals surface area (Å²) in [5, 5.41) is 5.01. The topological polar surface area (TPSA) is 12.0 Å². The van der Waals surface area contributed by atoms with E-state index in [0.717, 1.165) is 29.2 Å². The van der Waals surface area contributed by atoms with Gasteiger partial charge in [-0.25, -0.2) is 0 Å². The highest BCUT2D eigenvalue weighted by molar-refractivity contribution is 6.35. The lowest BCUT2D eigenvalue weighted by atomic mass is 9.73. The monoisotopic (exact) mass is 313 g/mol. The van der Waals surface area contributed by atoms with Crippen molar-refractivity contribution in [1.29, 1.82) is 0 Å². The maximum Gasteiger partial charge on any atom is 0.0453 e. The van der Waals surface area contributed by atoms with E-state index in [-0.39, 0.29) is 0 Å². The normalized spacial score (nSPS) is 28.4. The first-order chi connectivity index (χ1) is 9.49. The Kier molecular flexibility index (Phi) is 5.77. The van der Waals surface area contributed by atoms with Gasteiger partial charge < -0.3 is 5.32 Å². The van der Waals surface area contributed by atoms with Crippen molar-refractivity contribution < 1.29 is 0 Å². The van der Waals surface area contributed by atoms with Crippen molar-refractivity contribution in [3.63, 3.8) is 0 Å². The first-order valence-electron chi connectivity index (χ1n) is 7.60. The van der Waals surface area contributed by atoms with Crippen LogP contribution in [0, 0.1) is 17.8 Å². The van der Waals surface area contributed by atoms with E-state index in [0.29, 0.717) is 11.1 Å². The lowest BCUT2D eigenvalue weighted by Crippen LogP contribution is -2.39. The van der Waals surface area contributed by atoms with Crippen LogP contribution in [-0.2, 0) is 6.42 Å². The minimum Gasteiger partial charge on any atom is -0.316 e. The molecule has 0 amide bonds. The fourth-order valence-corrected chi connectivity index (χ4v) is 4.25. The Balaban J connectivity index is 2.08. The predicted octanol–water partition coefficient (Wildman–Crippen LogP) is 5.20. The number of likely N-dealkylation sites (N-methyl/N-ethyl adjacent to an activating group) is 1. The van der Waals surface area contributed by atoms with Gasteiger partial charge in [-0.1, -0.05) is 43.1 Å². The van der Waals surface area contributed by atoms with E-state index in [1.165, 1.54) is 24.8 Å². The van der Waals surface area contributed by atoms with Gasteiger partial charge in [-0.3, -0.25) is 0 Å². The van der Waals surface area contributed by atoms with Gasteiger partial charge in [-0.05, 0) is 68.2 Å². The Bertz CT molecular complexity index is 437. The maximum atomic E-state index is 6.31. The molecular formula is C17H25Cl2N. The fourth-order valence-electron chi connectivity index (χ4n) is 3.77. The van der Waals surface area contributed by atoms with Crippen molar-refractivity contribution >= 4 is 23.2 Å². The number of hydrogen-bond acceptors (Lipinski definition) is 1. The van der Waals surface area contributed by atoms with E-state index >= 15 is 0 Å². The van der Waals surface area contributed by atoms with Gasteiger partial charge in [-0.2, -0.15) is 0 Å². The van der Waals surface area contributed by atoms with Crippen molar-refractivity contribution in [2.45, 2.75) is 45.6 Å². The third-order valence-electron chi connectivity index (χ3n) is 4.61. The van der Waals surface area contributed by atoms with Crippen molar-refractivity contribution in [2.75, 3.05) is 7.05 Å². The summed E-state index contributed by atoms with van der Waals surface area (Å²) in [6.45, 7) is 4.76. The zero-order chi connectivity index (χ0) is 14.7. The van der Waals surface area contributed by atoms with E-state index in [4.69, 9.17) is 23.2 Å². The molecule has 3 atom stereocenters. The minimum atomic E-state index is 0.499. The molecule has 0 heterocycles. The zero-order valence-corrected chi connectivity index (χ0v) is 14.1. The first kappa shape index (κ1) is 16.1. The molecule has 2 rings (SSSR count). The van der Waals surface area contributed by atoms with Crippen molar-refractivity contribution in [1.82, 2.24) is 5.32 Å². The van der Waals surface area contributed by atoms with E-state index in [1.54, 1.807) is 0 Å². The lowest BCUT2D eigenvalue weighted by molar-refractivity contribution is 0.179. The molecule has 0 bridgehead atoms. The fraction of sp³-hybridized carbons (Fsp3) is 0.647. The predicted molar refractivity (Wildman–Crippen MR) is 88.7 cm³/mol. The molecule has 0 aliphatic heterocycles. The second-order valence-electron chi connectivity index (χ2n) is 6.51. The largest absolute Gasteiger partial charge is 0.316 e. The van der Waals surface area contributed by atoms with Crippen molar-refractivity contribution in [3.8, 4) is 0 Å². The van der Waals surface area contributed by atoms with Crippen molar-refractivity contribution in [2.24, 2.45) is 17.8 Å². The standard InChI is InChI=1S/C17H25Cl2N/c1-11-6-12(2)8-14(7-11)17(20-3)9-13-4-5-15(18)10-16(13)19/h4-5,10-12,14,17,20H,6-9H2,1-3H3. The lowest BCUT2D eigenvalue weighted by Gasteiger charge is -2.36. The van der Waals surface area contributed by atoms with Crippen LogP contribution in [0.25, 0.3) is 0 Å². The summed E-state index contributed by atoms with van der Waals surface area (Å²) in [6, 6.07) is 6.34. The number of halogens is 2. The van der Waals surface area contributed by atoms with Crippen LogP contribution in [0.2, 0.25) is 10.0 Å². The molecule has 112 valence electrons. The van der Waals surface area contributed by atoms with Gasteiger partial charge in [0.05, 0.1) is 0 Å². The van der Waals surface area contributed by atoms with Gasteiger partial charge in [-0.15, -0.1) is 0 Å². The van der Waals surface area contributed by atoms with Gasteiger partial charge in [0, 0.05) is 16.1 Å². The van der Waals surface area contributed by atoms with E-state index in [9.17, 15) is 0 Å². The summed E-state index contributed by atoms with van der Waals surface area (Å²) >= 11 is 12.3. The van der Waals surface area contributed by atoms with Gasteiger partial charge in [0.25, 0.3) is 0 Å². The average molecular weight is 314 g/mol. The van der Waals surface area contributed by atoms with Gasteiger partial charge in [0.2, 0.25) is 0 Å². The zero-order valence-electron chi connectivity index (χ0n) is 12.6. The number of rotatable bonds is 4. The second-order valence-corrected chi connectivity index (χ2v) is 7.36. The molecular weight excluding hydrogens is 289 g/mol. The van der Waals surface area contributed by atoms with Crippen LogP contribution in [0.15, 0.2) is 18.2 Å². The Morgan fingerprint density at radius 2 is 1.80 bits per heavy atom. The molecule has 0 saturated heterocycles. The smallest absolute Gasteiger partial charge is 0.0453 e. The molecule has 1 saturated carbocycles. The maximum absolute atomic E-state index is 6.31. The van der Waals surface area contributed by atoms with Gasteiger partial charge in [0.1, 0.15) is 0 Å². The highest BCUT2D eigenvalue weighted by Crippen LogP contribution is 2.36. The quantitative estimate of drug-likeness (QED) is 0.806. The molecule has 20 heavy (non-hydrogen) atoms. The van der Waals surface area contributed by atoms with E-state index in [2.05, 4.69) is 32.3 Å². The molecule has 1 nitrogen and oxygen atoms in total. The van der Waals surface area contributed by atoms with Crippen LogP contribution in [0.5, 0.6) is 0 Å². The van der Waals surface area contributed by atoms with Crippen LogP contribution in [0.3, 0.4) is 0 Å². The van der Waals surface area contributed by atoms with E-state index < -0.39 is 0 Å². The molecule has 3 unspecified atom stereocenters. The number of hydrogen-bond donors (Lipinski definition) is 1. The van der Waals surface area contributed by atoms with E-state index in [1.807, 2.05) is 12.1 Å². The summed E-state index contributed by atoms with van der Waals surface area (Å²) < 4.78 is 0. The third-order valence-corrected chi connectivity index (χ3v) is 5.20. The summed E-state index contributed by atoms with van der Waals surface area (Å²) in [5.74, 6) is 2.41. The minimum absolute atomic E-state index is 0.499. The average Bonchev–Trinajstić information content (AvgIpc) is 2.36. The number of benzene rings is 1. The van der Waals surface area contributed by atoms with Crippen LogP contribution in [0.4, 0.5) is 0 Å². The molecule has 3 heteroatoms.